The third kappa shape index (κ3) is 6.11. The molecule has 6 N–H and O–H groups in total. The van der Waals surface area contributed by atoms with Crippen LogP contribution in [-0.4, -0.2) is 6.03 Å². The van der Waals surface area contributed by atoms with E-state index in [-0.39, 0.29) is 27.3 Å². The molecule has 0 aliphatic carbocycles. The zero-order chi connectivity index (χ0) is 4.99. The molecule has 0 saturated heterocycles. The molecule has 5 nitrogen and oxygen atoms in total. The van der Waals surface area contributed by atoms with Gasteiger partial charge in [0.1, 0.15) is 0 Å². The summed E-state index contributed by atoms with van der Waals surface area (Å²) in [7, 11) is 0. The van der Waals surface area contributed by atoms with Crippen LogP contribution in [0.5, 0.6) is 0 Å². The van der Waals surface area contributed by atoms with Crippen molar-refractivity contribution in [1.82, 2.24) is 10.9 Å². The number of amides is 2. The Labute approximate surface area is 60.9 Å². The van der Waals surface area contributed by atoms with Crippen LogP contribution in [0.3, 0.4) is 0 Å². The molecule has 0 radical (unpaired) electrons. The minimum Gasteiger partial charge on any atom is -0.275 e. The van der Waals surface area contributed by atoms with Crippen LogP contribution in [0.25, 0.3) is 0 Å². The van der Waals surface area contributed by atoms with Crippen molar-refractivity contribution in [2.24, 2.45) is 11.7 Å². The zero-order valence-electron chi connectivity index (χ0n) is 3.77. The number of carbonyl (C=O) groups is 1. The minimum atomic E-state index is -0.602. The van der Waals surface area contributed by atoms with Crippen molar-refractivity contribution in [3.8, 4) is 0 Å². The van der Waals surface area contributed by atoms with Gasteiger partial charge in [-0.1, -0.05) is 0 Å². The molecule has 0 aromatic carbocycles. The van der Waals surface area contributed by atoms with Gasteiger partial charge >= 0.3 is 6.03 Å². The van der Waals surface area contributed by atoms with E-state index in [0.717, 1.165) is 0 Å². The Morgan fingerprint density at radius 1 is 1.29 bits per heavy atom. The fraction of sp³-hybridized carbons (Fsp3) is 0. The van der Waals surface area contributed by atoms with Gasteiger partial charge in [-0.25, -0.2) is 16.5 Å². The molecule has 0 aromatic heterocycles. The van der Waals surface area contributed by atoms with Crippen molar-refractivity contribution in [2.45, 2.75) is 0 Å². The van der Waals surface area contributed by atoms with Gasteiger partial charge in [0.15, 0.2) is 0 Å². The first-order valence-corrected chi connectivity index (χ1v) is 1.28. The van der Waals surface area contributed by atoms with Gasteiger partial charge in [0.25, 0.3) is 0 Å². The Morgan fingerprint density at radius 2 is 1.57 bits per heavy atom. The molecule has 2 amide bonds. The maximum Gasteiger partial charge on any atom is 0.343 e. The number of nitrogens with two attached hydrogens (primary N) is 2. The number of hydrogen-bond donors (Lipinski definition) is 4. The van der Waals surface area contributed by atoms with Crippen LogP contribution in [0, 0.1) is 0 Å². The third-order valence-electron chi connectivity index (χ3n) is 0.262. The van der Waals surface area contributed by atoms with Crippen LogP contribution < -0.4 is 22.5 Å². The van der Waals surface area contributed by atoms with E-state index >= 15 is 0 Å². The molecule has 0 atom stereocenters. The Balaban J connectivity index is 0. The van der Waals surface area contributed by atoms with Crippen LogP contribution >= 0.6 is 0 Å². The van der Waals surface area contributed by atoms with E-state index in [0.29, 0.717) is 0 Å². The van der Waals surface area contributed by atoms with Crippen LogP contribution in [0.2, 0.25) is 0 Å². The van der Waals surface area contributed by atoms with Crippen molar-refractivity contribution in [2.75, 3.05) is 0 Å². The minimum absolute atomic E-state index is 0. The summed E-state index contributed by atoms with van der Waals surface area (Å²) in [4.78, 5) is 9.71. The average molecular weight is 202 g/mol. The molecule has 0 spiro atoms. The number of hydrazine groups is 2. The van der Waals surface area contributed by atoms with Crippen LogP contribution in [0.4, 0.5) is 4.79 Å². The number of urea groups is 1. The first-order valence-electron chi connectivity index (χ1n) is 1.28. The SMILES string of the molecule is NNC(=O)NN.[Cd]. The quantitative estimate of drug-likeness (QED) is 0.159. The fourth-order valence-corrected chi connectivity index (χ4v) is 0.0417. The fourth-order valence-electron chi connectivity index (χ4n) is 0.0417. The number of rotatable bonds is 0. The summed E-state index contributed by atoms with van der Waals surface area (Å²) in [5.74, 6) is 9.08. The third-order valence-corrected chi connectivity index (χ3v) is 0.262. The van der Waals surface area contributed by atoms with Gasteiger partial charge < -0.3 is 0 Å². The maximum absolute atomic E-state index is 9.71. The van der Waals surface area contributed by atoms with Crippen LogP contribution in [-0.2, 0) is 27.3 Å². The molecule has 0 unspecified atom stereocenters. The standard InChI is InChI=1S/CH6N4O.Cd/c2-4-1(6)5-3;/h2-3H2,(H2,4,5,6);. The van der Waals surface area contributed by atoms with Gasteiger partial charge in [0, 0.05) is 27.3 Å². The molecule has 6 heteroatoms. The van der Waals surface area contributed by atoms with Gasteiger partial charge in [-0.3, -0.25) is 10.9 Å². The van der Waals surface area contributed by atoms with Crippen molar-refractivity contribution in [1.29, 1.82) is 0 Å². The van der Waals surface area contributed by atoms with E-state index < -0.39 is 6.03 Å². The van der Waals surface area contributed by atoms with Crippen molar-refractivity contribution in [3.63, 3.8) is 0 Å². The molecular weight excluding hydrogens is 196 g/mol. The second-order valence-corrected chi connectivity index (χ2v) is 0.618. The Kier molecular flexibility index (Phi) is 8.88. The van der Waals surface area contributed by atoms with E-state index in [4.69, 9.17) is 0 Å². The molecule has 38 valence electrons. The molecule has 0 aromatic rings. The van der Waals surface area contributed by atoms with Gasteiger partial charge in [-0.15, -0.1) is 0 Å². The van der Waals surface area contributed by atoms with Crippen molar-refractivity contribution < 1.29 is 32.1 Å². The van der Waals surface area contributed by atoms with E-state index in [9.17, 15) is 4.79 Å². The smallest absolute Gasteiger partial charge is 0.275 e. The molecule has 0 fully saturated rings. The molecule has 0 rings (SSSR count). The topological polar surface area (TPSA) is 93.2 Å². The summed E-state index contributed by atoms with van der Waals surface area (Å²) in [6, 6.07) is -0.602. The number of hydrogen-bond acceptors (Lipinski definition) is 3. The maximum atomic E-state index is 9.71. The summed E-state index contributed by atoms with van der Waals surface area (Å²) in [6.45, 7) is 0. The average Bonchev–Trinajstić information content (AvgIpc) is 1.65. The van der Waals surface area contributed by atoms with E-state index in [1.165, 1.54) is 0 Å². The normalized spacial score (nSPS) is 6.00. The predicted molar refractivity (Wildman–Crippen MR) is 20.0 cm³/mol. The van der Waals surface area contributed by atoms with E-state index in [1.54, 1.807) is 10.9 Å². The second-order valence-electron chi connectivity index (χ2n) is 0.618. The monoisotopic (exact) mass is 204 g/mol. The van der Waals surface area contributed by atoms with Crippen molar-refractivity contribution in [3.05, 3.63) is 0 Å². The van der Waals surface area contributed by atoms with Gasteiger partial charge in [0.05, 0.1) is 0 Å². The molecule has 0 saturated carbocycles. The Morgan fingerprint density at radius 3 is 1.57 bits per heavy atom. The van der Waals surface area contributed by atoms with Crippen LogP contribution in [0.1, 0.15) is 0 Å². The summed E-state index contributed by atoms with van der Waals surface area (Å²) in [6.07, 6.45) is 0. The zero-order valence-corrected chi connectivity index (χ0v) is 7.81. The molecule has 0 heterocycles. The molecule has 0 bridgehead atoms. The molecule has 7 heavy (non-hydrogen) atoms. The summed E-state index contributed by atoms with van der Waals surface area (Å²) in [5, 5.41) is 0. The van der Waals surface area contributed by atoms with Gasteiger partial charge in [-0.2, -0.15) is 0 Å². The summed E-state index contributed by atoms with van der Waals surface area (Å²) in [5.41, 5.74) is 3.48. The van der Waals surface area contributed by atoms with E-state index in [1.807, 2.05) is 0 Å². The second kappa shape index (κ2) is 6.11. The number of carbonyl (C=O) groups excluding carboxylic acids is 1. The van der Waals surface area contributed by atoms with Crippen molar-refractivity contribution >= 4 is 6.03 Å². The van der Waals surface area contributed by atoms with Gasteiger partial charge in [-0.05, 0) is 0 Å². The van der Waals surface area contributed by atoms with Crippen LogP contribution in [0.15, 0.2) is 0 Å². The largest absolute Gasteiger partial charge is 0.343 e. The number of nitrogens with one attached hydrogen (secondary N) is 2. The summed E-state index contributed by atoms with van der Waals surface area (Å²) >= 11 is 0. The molecular formula is CH6CdN4O. The first kappa shape index (κ1) is 10.2. The van der Waals surface area contributed by atoms with Gasteiger partial charge in [0.2, 0.25) is 0 Å². The summed E-state index contributed by atoms with van der Waals surface area (Å²) < 4.78 is 0. The first-order chi connectivity index (χ1) is 2.81. The Bertz CT molecular complexity index is 49.7. The predicted octanol–water partition coefficient (Wildman–Crippen LogP) is -1.97. The van der Waals surface area contributed by atoms with E-state index in [2.05, 4.69) is 11.7 Å². The molecule has 0 aliphatic rings. The molecule has 0 aliphatic heterocycles. The Hall–Kier alpha value is 0.112.